The van der Waals surface area contributed by atoms with Crippen LogP contribution in [-0.4, -0.2) is 30.0 Å². The van der Waals surface area contributed by atoms with E-state index in [2.05, 4.69) is 20.5 Å². The summed E-state index contributed by atoms with van der Waals surface area (Å²) in [5, 5.41) is 14.8. The van der Waals surface area contributed by atoms with Crippen LogP contribution >= 0.6 is 12.2 Å². The van der Waals surface area contributed by atoms with E-state index >= 15 is 0 Å². The molecule has 0 saturated carbocycles. The zero-order chi connectivity index (χ0) is 10.1. The number of tetrazole rings is 1. The maximum absolute atomic E-state index is 5.23. The fourth-order valence-corrected chi connectivity index (χ4v) is 1.53. The molecule has 0 aliphatic heterocycles. The lowest BCUT2D eigenvalue weighted by molar-refractivity contribution is 0.630. The Morgan fingerprint density at radius 3 is 2.86 bits per heavy atom. The van der Waals surface area contributed by atoms with Gasteiger partial charge in [-0.3, -0.25) is 4.68 Å². The first-order valence-corrected chi connectivity index (χ1v) is 4.65. The van der Waals surface area contributed by atoms with Crippen molar-refractivity contribution >= 4 is 12.2 Å². The Bertz CT molecular complexity index is 492. The van der Waals surface area contributed by atoms with E-state index in [0.717, 1.165) is 12.1 Å². The topological polar surface area (TPSA) is 64.3 Å². The highest BCUT2D eigenvalue weighted by molar-refractivity contribution is 7.71. The Labute approximate surface area is 85.5 Å². The van der Waals surface area contributed by atoms with Crippen molar-refractivity contribution in [1.82, 2.24) is 30.0 Å². The van der Waals surface area contributed by atoms with E-state index in [1.54, 1.807) is 13.2 Å². The molecule has 0 atom stereocenters. The molecule has 2 heterocycles. The van der Waals surface area contributed by atoms with Crippen LogP contribution in [0.15, 0.2) is 6.20 Å². The number of rotatable bonds is 2. The van der Waals surface area contributed by atoms with Crippen molar-refractivity contribution < 1.29 is 0 Å². The SMILES string of the molecule is CCn1[nH]cc(-c2nnn(C)n2)c1=S. The van der Waals surface area contributed by atoms with Crippen LogP contribution in [0.25, 0.3) is 11.4 Å². The highest BCUT2D eigenvalue weighted by Gasteiger charge is 2.09. The van der Waals surface area contributed by atoms with Gasteiger partial charge in [-0.1, -0.05) is 12.2 Å². The molecule has 6 nitrogen and oxygen atoms in total. The van der Waals surface area contributed by atoms with E-state index in [1.807, 2.05) is 11.6 Å². The van der Waals surface area contributed by atoms with Crippen molar-refractivity contribution in [3.05, 3.63) is 10.8 Å². The zero-order valence-corrected chi connectivity index (χ0v) is 8.75. The van der Waals surface area contributed by atoms with Gasteiger partial charge in [0.05, 0.1) is 12.6 Å². The molecule has 74 valence electrons. The van der Waals surface area contributed by atoms with Crippen LogP contribution < -0.4 is 0 Å². The molecule has 0 spiro atoms. The summed E-state index contributed by atoms with van der Waals surface area (Å²) in [5.74, 6) is 0.556. The minimum Gasteiger partial charge on any atom is -0.304 e. The summed E-state index contributed by atoms with van der Waals surface area (Å²) in [4.78, 5) is 1.41. The first-order chi connectivity index (χ1) is 6.72. The number of aryl methyl sites for hydroxylation is 2. The molecule has 0 fully saturated rings. The quantitative estimate of drug-likeness (QED) is 0.743. The fourth-order valence-electron chi connectivity index (χ4n) is 1.20. The number of H-pyrrole nitrogens is 1. The number of aromatic amines is 1. The summed E-state index contributed by atoms with van der Waals surface area (Å²) >= 11 is 5.23. The zero-order valence-electron chi connectivity index (χ0n) is 7.93. The van der Waals surface area contributed by atoms with Crippen molar-refractivity contribution in [2.75, 3.05) is 0 Å². The minimum atomic E-state index is 0.556. The van der Waals surface area contributed by atoms with E-state index in [0.29, 0.717) is 10.5 Å². The number of hydrogen-bond acceptors (Lipinski definition) is 4. The molecule has 2 aromatic heterocycles. The number of aromatic nitrogens is 6. The molecular weight excluding hydrogens is 200 g/mol. The Kier molecular flexibility index (Phi) is 2.16. The average Bonchev–Trinajstić information content (AvgIpc) is 2.72. The maximum Gasteiger partial charge on any atom is 0.209 e. The second-order valence-electron chi connectivity index (χ2n) is 2.84. The van der Waals surface area contributed by atoms with Crippen LogP contribution in [0.3, 0.4) is 0 Å². The van der Waals surface area contributed by atoms with E-state index < -0.39 is 0 Å². The van der Waals surface area contributed by atoms with Gasteiger partial charge in [0.15, 0.2) is 0 Å². The van der Waals surface area contributed by atoms with Crippen LogP contribution in [0, 0.1) is 4.64 Å². The molecule has 2 aromatic rings. The molecule has 1 N–H and O–H groups in total. The third kappa shape index (κ3) is 1.35. The summed E-state index contributed by atoms with van der Waals surface area (Å²) in [7, 11) is 1.72. The molecular formula is C7H10N6S. The van der Waals surface area contributed by atoms with Gasteiger partial charge in [0, 0.05) is 12.7 Å². The second-order valence-corrected chi connectivity index (χ2v) is 3.23. The van der Waals surface area contributed by atoms with E-state index in [9.17, 15) is 0 Å². The van der Waals surface area contributed by atoms with Crippen molar-refractivity contribution in [2.45, 2.75) is 13.5 Å². The molecule has 7 heteroatoms. The Balaban J connectivity index is 2.52. The first-order valence-electron chi connectivity index (χ1n) is 4.25. The van der Waals surface area contributed by atoms with Crippen molar-refractivity contribution in [3.8, 4) is 11.4 Å². The highest BCUT2D eigenvalue weighted by atomic mass is 32.1. The van der Waals surface area contributed by atoms with Crippen LogP contribution in [0.2, 0.25) is 0 Å². The van der Waals surface area contributed by atoms with E-state index in [1.165, 1.54) is 4.80 Å². The predicted octanol–water partition coefficient (Wildman–Crippen LogP) is 0.756. The van der Waals surface area contributed by atoms with Gasteiger partial charge >= 0.3 is 0 Å². The molecule has 0 aromatic carbocycles. The van der Waals surface area contributed by atoms with Crippen molar-refractivity contribution in [1.29, 1.82) is 0 Å². The molecule has 14 heavy (non-hydrogen) atoms. The molecule has 0 unspecified atom stereocenters. The summed E-state index contributed by atoms with van der Waals surface area (Å²) in [6, 6.07) is 0. The second kappa shape index (κ2) is 3.33. The third-order valence-electron chi connectivity index (χ3n) is 1.91. The van der Waals surface area contributed by atoms with Crippen molar-refractivity contribution in [3.63, 3.8) is 0 Å². The molecule has 0 saturated heterocycles. The fraction of sp³-hybridized carbons (Fsp3) is 0.429. The van der Waals surface area contributed by atoms with Gasteiger partial charge in [0.1, 0.15) is 4.64 Å². The number of hydrogen-bond donors (Lipinski definition) is 1. The lowest BCUT2D eigenvalue weighted by Gasteiger charge is -1.93. The summed E-state index contributed by atoms with van der Waals surface area (Å²) in [6.07, 6.45) is 1.79. The molecule has 0 radical (unpaired) electrons. The normalized spacial score (nSPS) is 10.7. The van der Waals surface area contributed by atoms with E-state index in [4.69, 9.17) is 12.2 Å². The van der Waals surface area contributed by atoms with Gasteiger partial charge in [-0.15, -0.1) is 10.2 Å². The van der Waals surface area contributed by atoms with Gasteiger partial charge in [0.2, 0.25) is 5.82 Å². The minimum absolute atomic E-state index is 0.556. The van der Waals surface area contributed by atoms with Gasteiger partial charge in [0.25, 0.3) is 0 Å². The van der Waals surface area contributed by atoms with Crippen LogP contribution in [0.5, 0.6) is 0 Å². The van der Waals surface area contributed by atoms with Gasteiger partial charge in [-0.25, -0.2) is 0 Å². The van der Waals surface area contributed by atoms with Crippen LogP contribution in [0.1, 0.15) is 6.92 Å². The Morgan fingerprint density at radius 2 is 2.36 bits per heavy atom. The van der Waals surface area contributed by atoms with Crippen LogP contribution in [-0.2, 0) is 13.6 Å². The molecule has 0 aliphatic carbocycles. The average molecular weight is 210 g/mol. The van der Waals surface area contributed by atoms with Gasteiger partial charge < -0.3 is 5.10 Å². The summed E-state index contributed by atoms with van der Waals surface area (Å²) in [5.41, 5.74) is 0.815. The lowest BCUT2D eigenvalue weighted by atomic mass is 10.3. The summed E-state index contributed by atoms with van der Waals surface area (Å²) in [6.45, 7) is 2.82. The molecule has 0 aliphatic rings. The standard InChI is InChI=1S/C7H10N6S/c1-3-13-7(14)5(4-8-13)6-9-11-12(2)10-6/h4,8H,3H2,1-2H3. The van der Waals surface area contributed by atoms with Crippen molar-refractivity contribution in [2.24, 2.45) is 7.05 Å². The Morgan fingerprint density at radius 1 is 1.57 bits per heavy atom. The molecule has 0 amide bonds. The maximum atomic E-state index is 5.23. The first kappa shape index (κ1) is 9.07. The lowest BCUT2D eigenvalue weighted by Crippen LogP contribution is -1.95. The molecule has 2 rings (SSSR count). The van der Waals surface area contributed by atoms with Gasteiger partial charge in [-0.05, 0) is 12.1 Å². The molecule has 0 bridgehead atoms. The number of nitrogens with one attached hydrogen (secondary N) is 1. The van der Waals surface area contributed by atoms with E-state index in [-0.39, 0.29) is 0 Å². The van der Waals surface area contributed by atoms with Crippen LogP contribution in [0.4, 0.5) is 0 Å². The smallest absolute Gasteiger partial charge is 0.209 e. The van der Waals surface area contributed by atoms with Gasteiger partial charge in [-0.2, -0.15) is 4.80 Å². The highest BCUT2D eigenvalue weighted by Crippen LogP contribution is 2.14. The third-order valence-corrected chi connectivity index (χ3v) is 2.35. The number of nitrogens with zero attached hydrogens (tertiary/aromatic N) is 5. The Hall–Kier alpha value is -1.50. The largest absolute Gasteiger partial charge is 0.304 e. The summed E-state index contributed by atoms with van der Waals surface area (Å²) < 4.78 is 2.56. The predicted molar refractivity (Wildman–Crippen MR) is 53.1 cm³/mol. The monoisotopic (exact) mass is 210 g/mol.